The van der Waals surface area contributed by atoms with Gasteiger partial charge < -0.3 is 14.8 Å². The van der Waals surface area contributed by atoms with E-state index < -0.39 is 10.0 Å². The predicted molar refractivity (Wildman–Crippen MR) is 155 cm³/mol. The first-order valence-corrected chi connectivity index (χ1v) is 14.5. The maximum absolute atomic E-state index is 11.8. The van der Waals surface area contributed by atoms with Crippen molar-refractivity contribution in [1.29, 1.82) is 0 Å². The second-order valence-corrected chi connectivity index (χ2v) is 11.9. The van der Waals surface area contributed by atoms with Gasteiger partial charge >= 0.3 is 0 Å². The number of hydrogen-bond donors (Lipinski definition) is 2. The van der Waals surface area contributed by atoms with Gasteiger partial charge in [0.05, 0.1) is 29.7 Å². The topological polar surface area (TPSA) is 92.2 Å². The molecule has 1 aliphatic heterocycles. The molecule has 0 bridgehead atoms. The van der Waals surface area contributed by atoms with Gasteiger partial charge in [-0.3, -0.25) is 9.71 Å². The molecular formula is C28H30N6O2S2. The van der Waals surface area contributed by atoms with Crippen molar-refractivity contribution in [3.63, 3.8) is 0 Å². The molecule has 0 unspecified atom stereocenters. The molecule has 3 aromatic heterocycles. The number of aryl methyl sites for hydroxylation is 3. The van der Waals surface area contributed by atoms with Crippen LogP contribution >= 0.6 is 12.2 Å². The quantitative estimate of drug-likeness (QED) is 0.327. The van der Waals surface area contributed by atoms with Crippen LogP contribution in [0.15, 0.2) is 67.0 Å². The van der Waals surface area contributed by atoms with E-state index in [-0.39, 0.29) is 12.1 Å². The Morgan fingerprint density at radius 2 is 1.79 bits per heavy atom. The van der Waals surface area contributed by atoms with Gasteiger partial charge in [-0.15, -0.1) is 0 Å². The van der Waals surface area contributed by atoms with Crippen LogP contribution in [0.2, 0.25) is 0 Å². The Balaban J connectivity index is 1.65. The Labute approximate surface area is 228 Å². The number of pyridine rings is 2. The lowest BCUT2D eigenvalue weighted by atomic mass is 9.96. The number of nitrogens with one attached hydrogen (secondary N) is 2. The first-order chi connectivity index (χ1) is 18.0. The van der Waals surface area contributed by atoms with Crippen molar-refractivity contribution in [1.82, 2.24) is 19.9 Å². The van der Waals surface area contributed by atoms with Crippen molar-refractivity contribution < 1.29 is 8.42 Å². The third kappa shape index (κ3) is 4.89. The van der Waals surface area contributed by atoms with E-state index in [1.807, 2.05) is 56.4 Å². The van der Waals surface area contributed by atoms with Crippen molar-refractivity contribution in [2.24, 2.45) is 0 Å². The second kappa shape index (κ2) is 9.85. The van der Waals surface area contributed by atoms with E-state index in [1.54, 1.807) is 12.3 Å². The molecule has 4 aromatic rings. The van der Waals surface area contributed by atoms with Crippen LogP contribution in [0.5, 0.6) is 0 Å². The van der Waals surface area contributed by atoms with Gasteiger partial charge in [0.25, 0.3) is 0 Å². The minimum absolute atomic E-state index is 0.197. The fourth-order valence-electron chi connectivity index (χ4n) is 5.09. The highest BCUT2D eigenvalue weighted by Crippen LogP contribution is 2.44. The van der Waals surface area contributed by atoms with Gasteiger partial charge in [0, 0.05) is 29.5 Å². The van der Waals surface area contributed by atoms with Gasteiger partial charge in [0.15, 0.2) is 5.11 Å². The van der Waals surface area contributed by atoms with Gasteiger partial charge in [-0.05, 0) is 99.1 Å². The predicted octanol–water partition coefficient (Wildman–Crippen LogP) is 5.05. The number of thiocarbonyl (C=S) groups is 1. The largest absolute Gasteiger partial charge is 0.351 e. The minimum Gasteiger partial charge on any atom is -0.351 e. The number of hydrogen-bond acceptors (Lipinski definition) is 5. The molecule has 1 fully saturated rings. The van der Waals surface area contributed by atoms with Crippen LogP contribution in [-0.4, -0.2) is 34.3 Å². The molecule has 196 valence electrons. The van der Waals surface area contributed by atoms with E-state index in [1.165, 1.54) is 0 Å². The SMILES string of the molecule is Cc1ccc(-n2c(C)cc([C@H]3[C@H](c4ccccn4)NC(=S)N3c3ccc(NS(C)(=O)=O)c(C)c3)c2C)nc1. The molecular weight excluding hydrogens is 516 g/mol. The Kier molecular flexibility index (Phi) is 6.70. The first-order valence-electron chi connectivity index (χ1n) is 12.2. The van der Waals surface area contributed by atoms with Gasteiger partial charge in [-0.25, -0.2) is 13.4 Å². The lowest BCUT2D eigenvalue weighted by Crippen LogP contribution is -2.29. The Bertz CT molecular complexity index is 1620. The molecule has 0 spiro atoms. The standard InChI is InChI=1S/C28H30N6O2S2/c1-17-9-12-25(30-16-17)33-19(3)15-22(20(33)4)27-26(24-8-6-7-13-29-24)31-28(37)34(27)21-10-11-23(18(2)14-21)32-38(5,35)36/h6-16,26-27,32H,1-5H3,(H,31,37)/t26-,27-/m0/s1. The number of aromatic nitrogens is 3. The number of rotatable bonds is 6. The summed E-state index contributed by atoms with van der Waals surface area (Å²) in [6.07, 6.45) is 4.80. The Morgan fingerprint density at radius 1 is 1.00 bits per heavy atom. The zero-order valence-electron chi connectivity index (χ0n) is 21.9. The molecule has 38 heavy (non-hydrogen) atoms. The second-order valence-electron chi connectivity index (χ2n) is 9.73. The smallest absolute Gasteiger partial charge is 0.229 e. The molecule has 0 aliphatic carbocycles. The van der Waals surface area contributed by atoms with Crippen LogP contribution < -0.4 is 14.9 Å². The van der Waals surface area contributed by atoms with Crippen molar-refractivity contribution in [2.75, 3.05) is 15.9 Å². The average Bonchev–Trinajstić information content (AvgIpc) is 3.36. The number of nitrogens with zero attached hydrogens (tertiary/aromatic N) is 4. The van der Waals surface area contributed by atoms with E-state index in [4.69, 9.17) is 12.2 Å². The lowest BCUT2D eigenvalue weighted by molar-refractivity contribution is 0.565. The summed E-state index contributed by atoms with van der Waals surface area (Å²) in [5.41, 5.74) is 7.41. The fourth-order valence-corrected chi connectivity index (χ4v) is 6.07. The van der Waals surface area contributed by atoms with E-state index in [2.05, 4.69) is 55.5 Å². The van der Waals surface area contributed by atoms with Crippen LogP contribution in [0, 0.1) is 27.7 Å². The van der Waals surface area contributed by atoms with Crippen molar-refractivity contribution in [2.45, 2.75) is 39.8 Å². The molecule has 1 aromatic carbocycles. The van der Waals surface area contributed by atoms with E-state index >= 15 is 0 Å². The molecule has 0 saturated carbocycles. The number of benzene rings is 1. The van der Waals surface area contributed by atoms with E-state index in [0.29, 0.717) is 10.8 Å². The van der Waals surface area contributed by atoms with Crippen LogP contribution in [0.1, 0.15) is 45.9 Å². The molecule has 4 heterocycles. The summed E-state index contributed by atoms with van der Waals surface area (Å²) >= 11 is 5.89. The van der Waals surface area contributed by atoms with Gasteiger partial charge in [-0.1, -0.05) is 12.1 Å². The van der Waals surface area contributed by atoms with E-state index in [0.717, 1.165) is 51.5 Å². The molecule has 5 rings (SSSR count). The summed E-state index contributed by atoms with van der Waals surface area (Å²) in [6.45, 7) is 8.08. The first kappa shape index (κ1) is 25.9. The highest BCUT2D eigenvalue weighted by Gasteiger charge is 2.42. The third-order valence-corrected chi connectivity index (χ3v) is 7.70. The summed E-state index contributed by atoms with van der Waals surface area (Å²) in [7, 11) is -3.40. The maximum Gasteiger partial charge on any atom is 0.229 e. The zero-order valence-corrected chi connectivity index (χ0v) is 23.6. The Morgan fingerprint density at radius 3 is 2.42 bits per heavy atom. The van der Waals surface area contributed by atoms with Crippen molar-refractivity contribution in [3.05, 3.63) is 101 Å². The number of anilines is 2. The molecule has 0 amide bonds. The van der Waals surface area contributed by atoms with Crippen LogP contribution in [-0.2, 0) is 10.0 Å². The monoisotopic (exact) mass is 546 g/mol. The summed E-state index contributed by atoms with van der Waals surface area (Å²) in [5, 5.41) is 4.08. The fraction of sp³-hybridized carbons (Fsp3) is 0.250. The number of sulfonamides is 1. The van der Waals surface area contributed by atoms with Crippen molar-refractivity contribution in [3.8, 4) is 5.82 Å². The maximum atomic E-state index is 11.8. The molecule has 1 saturated heterocycles. The molecule has 0 radical (unpaired) electrons. The Hall–Kier alpha value is -3.76. The van der Waals surface area contributed by atoms with Gasteiger partial charge in [0.1, 0.15) is 5.82 Å². The summed E-state index contributed by atoms with van der Waals surface area (Å²) in [5.74, 6) is 0.860. The van der Waals surface area contributed by atoms with Gasteiger partial charge in [-0.2, -0.15) is 0 Å². The summed E-state index contributed by atoms with van der Waals surface area (Å²) < 4.78 is 28.4. The molecule has 2 atom stereocenters. The van der Waals surface area contributed by atoms with Gasteiger partial charge in [0.2, 0.25) is 10.0 Å². The van der Waals surface area contributed by atoms with Crippen LogP contribution in [0.25, 0.3) is 5.82 Å². The highest BCUT2D eigenvalue weighted by molar-refractivity contribution is 7.92. The van der Waals surface area contributed by atoms with Crippen molar-refractivity contribution >= 4 is 38.7 Å². The minimum atomic E-state index is -3.40. The molecule has 8 nitrogen and oxygen atoms in total. The highest BCUT2D eigenvalue weighted by atomic mass is 32.2. The molecule has 1 aliphatic rings. The third-order valence-electron chi connectivity index (χ3n) is 6.80. The molecule has 10 heteroatoms. The van der Waals surface area contributed by atoms with E-state index in [9.17, 15) is 8.42 Å². The van der Waals surface area contributed by atoms with Crippen LogP contribution in [0.3, 0.4) is 0 Å². The summed E-state index contributed by atoms with van der Waals surface area (Å²) in [4.78, 5) is 11.4. The molecule has 2 N–H and O–H groups in total. The normalized spacial score (nSPS) is 17.5. The van der Waals surface area contributed by atoms with Crippen LogP contribution in [0.4, 0.5) is 11.4 Å². The zero-order chi connectivity index (χ0) is 27.2. The average molecular weight is 547 g/mol. The summed E-state index contributed by atoms with van der Waals surface area (Å²) in [6, 6.07) is 17.4. The lowest BCUT2D eigenvalue weighted by Gasteiger charge is -2.28.